The number of amidine groups is 1. The minimum Gasteiger partial charge on any atom is -0.481 e. The Bertz CT molecular complexity index is 1750. The first-order valence-electron chi connectivity index (χ1n) is 15.8. The highest BCUT2D eigenvalue weighted by atomic mass is 32.1. The summed E-state index contributed by atoms with van der Waals surface area (Å²) in [5.41, 5.74) is 2.32. The molecule has 4 heterocycles. The van der Waals surface area contributed by atoms with Gasteiger partial charge in [-0.2, -0.15) is 0 Å². The number of aromatic nitrogens is 1. The van der Waals surface area contributed by atoms with Gasteiger partial charge in [0.1, 0.15) is 11.9 Å². The minimum absolute atomic E-state index is 0.0648. The van der Waals surface area contributed by atoms with Crippen molar-refractivity contribution in [2.24, 2.45) is 16.8 Å². The number of piperidine rings is 1. The molecule has 3 atom stereocenters. The van der Waals surface area contributed by atoms with Gasteiger partial charge in [0.15, 0.2) is 10.8 Å². The number of hydrogen-bond donors (Lipinski definition) is 2. The molecule has 1 amide bonds. The van der Waals surface area contributed by atoms with Gasteiger partial charge in [0.05, 0.1) is 17.6 Å². The van der Waals surface area contributed by atoms with Crippen molar-refractivity contribution < 1.29 is 28.6 Å². The lowest BCUT2D eigenvalue weighted by Gasteiger charge is -2.36. The number of carbonyl (C=O) groups is 3. The van der Waals surface area contributed by atoms with Gasteiger partial charge >= 0.3 is 11.9 Å². The Balaban J connectivity index is 1.27. The molecule has 0 aliphatic carbocycles. The van der Waals surface area contributed by atoms with Crippen LogP contribution in [0.3, 0.4) is 0 Å². The molecule has 2 saturated heterocycles. The number of thiazole rings is 1. The van der Waals surface area contributed by atoms with E-state index in [1.807, 2.05) is 17.5 Å². The van der Waals surface area contributed by atoms with E-state index in [1.165, 1.54) is 17.4 Å². The third-order valence-electron chi connectivity index (χ3n) is 9.50. The molecule has 12 heteroatoms. The van der Waals surface area contributed by atoms with Crippen LogP contribution in [0.25, 0.3) is 0 Å². The van der Waals surface area contributed by atoms with Crippen LogP contribution in [0.5, 0.6) is 0 Å². The standard InChI is InChI=1S/C35H38FN5O5S/c1-5-46-33(43)28-27(38-30(31-37-14-16-47-31)39-29(28)24-7-6-8-26(36)20(24)2)19-40-15-13-25-21(17-40)18-41(32(25)42)23-11-9-22(10-12-23)35(3,4)34(44)45/h6-12,14,16,21,25,29H,5,13,15,17-19H2,1-4H3,(H,38,39)(H,44,45)/t21-,25-,29?/m1/s1. The summed E-state index contributed by atoms with van der Waals surface area (Å²) >= 11 is 1.41. The number of rotatable bonds is 9. The molecule has 1 aromatic heterocycles. The molecule has 10 nitrogen and oxygen atoms in total. The zero-order chi connectivity index (χ0) is 33.5. The van der Waals surface area contributed by atoms with Gasteiger partial charge in [0.2, 0.25) is 5.91 Å². The maximum Gasteiger partial charge on any atom is 0.338 e. The van der Waals surface area contributed by atoms with Crippen LogP contribution in [0.4, 0.5) is 10.1 Å². The highest BCUT2D eigenvalue weighted by Crippen LogP contribution is 2.38. The van der Waals surface area contributed by atoms with Crippen LogP contribution >= 0.6 is 11.3 Å². The third kappa shape index (κ3) is 6.19. The lowest BCUT2D eigenvalue weighted by Crippen LogP contribution is -2.45. The normalized spacial score (nSPS) is 21.7. The van der Waals surface area contributed by atoms with E-state index >= 15 is 0 Å². The molecule has 2 fully saturated rings. The highest BCUT2D eigenvalue weighted by molar-refractivity contribution is 7.11. The van der Waals surface area contributed by atoms with E-state index in [-0.39, 0.29) is 30.2 Å². The van der Waals surface area contributed by atoms with Gasteiger partial charge in [-0.1, -0.05) is 24.3 Å². The lowest BCUT2D eigenvalue weighted by atomic mass is 9.85. The summed E-state index contributed by atoms with van der Waals surface area (Å²) in [5, 5.41) is 15.5. The number of esters is 1. The summed E-state index contributed by atoms with van der Waals surface area (Å²) in [4.78, 5) is 52.2. The van der Waals surface area contributed by atoms with Crippen molar-refractivity contribution in [2.75, 3.05) is 37.7 Å². The number of carboxylic acid groups (broad SMARTS) is 1. The lowest BCUT2D eigenvalue weighted by molar-refractivity contribution is -0.142. The Labute approximate surface area is 277 Å². The number of halogens is 1. The highest BCUT2D eigenvalue weighted by Gasteiger charge is 2.45. The predicted molar refractivity (Wildman–Crippen MR) is 177 cm³/mol. The number of likely N-dealkylation sites (tertiary alicyclic amines) is 1. The molecule has 3 aliphatic rings. The number of aliphatic imine (C=N–C) groups is 1. The molecule has 2 aromatic carbocycles. The minimum atomic E-state index is -1.04. The second kappa shape index (κ2) is 13.0. The largest absolute Gasteiger partial charge is 0.481 e. The average Bonchev–Trinajstić information content (AvgIpc) is 3.70. The zero-order valence-electron chi connectivity index (χ0n) is 26.8. The Morgan fingerprint density at radius 2 is 1.94 bits per heavy atom. The van der Waals surface area contributed by atoms with Crippen LogP contribution in [0.15, 0.2) is 70.3 Å². The SMILES string of the molecule is CCOC(=O)C1=C(CN2CC[C@H]3C(=O)N(c4ccc(C(C)(C)C(=O)O)cc4)C[C@H]3C2)NC(c2nccs2)=NC1c1cccc(F)c1C. The maximum atomic E-state index is 14.8. The van der Waals surface area contributed by atoms with E-state index in [4.69, 9.17) is 9.73 Å². The second-order valence-electron chi connectivity index (χ2n) is 12.7. The average molecular weight is 660 g/mol. The zero-order valence-corrected chi connectivity index (χ0v) is 27.6. The van der Waals surface area contributed by atoms with Crippen molar-refractivity contribution in [1.82, 2.24) is 15.2 Å². The van der Waals surface area contributed by atoms with Crippen molar-refractivity contribution in [3.8, 4) is 0 Å². The van der Waals surface area contributed by atoms with E-state index in [2.05, 4.69) is 15.2 Å². The van der Waals surface area contributed by atoms with Crippen LogP contribution < -0.4 is 10.2 Å². The van der Waals surface area contributed by atoms with E-state index in [1.54, 1.807) is 63.1 Å². The van der Waals surface area contributed by atoms with E-state index < -0.39 is 23.4 Å². The molecule has 47 heavy (non-hydrogen) atoms. The van der Waals surface area contributed by atoms with Crippen molar-refractivity contribution in [3.05, 3.63) is 92.8 Å². The predicted octanol–water partition coefficient (Wildman–Crippen LogP) is 4.85. The number of hydrogen-bond acceptors (Lipinski definition) is 9. The van der Waals surface area contributed by atoms with Crippen LogP contribution in [-0.2, 0) is 24.5 Å². The fourth-order valence-corrected chi connectivity index (χ4v) is 7.28. The molecule has 0 saturated carbocycles. The Morgan fingerprint density at radius 3 is 2.62 bits per heavy atom. The number of benzene rings is 2. The van der Waals surface area contributed by atoms with Crippen molar-refractivity contribution in [3.63, 3.8) is 0 Å². The number of fused-ring (bicyclic) bond motifs is 1. The van der Waals surface area contributed by atoms with Gasteiger partial charge in [-0.05, 0) is 75.5 Å². The van der Waals surface area contributed by atoms with Gasteiger partial charge < -0.3 is 20.1 Å². The summed E-state index contributed by atoms with van der Waals surface area (Å²) in [5.74, 6) is -1.30. The smallest absolute Gasteiger partial charge is 0.338 e. The van der Waals surface area contributed by atoms with Crippen molar-refractivity contribution in [1.29, 1.82) is 0 Å². The monoisotopic (exact) mass is 659 g/mol. The van der Waals surface area contributed by atoms with Crippen LogP contribution in [0.1, 0.15) is 54.9 Å². The number of carboxylic acids is 1. The summed E-state index contributed by atoms with van der Waals surface area (Å²) in [6, 6.07) is 11.2. The Kier molecular flexibility index (Phi) is 8.99. The summed E-state index contributed by atoms with van der Waals surface area (Å²) in [6.07, 6.45) is 2.34. The first-order valence-corrected chi connectivity index (χ1v) is 16.6. The Hall–Kier alpha value is -4.42. The first-order chi connectivity index (χ1) is 22.5. The van der Waals surface area contributed by atoms with Gasteiger partial charge in [0.25, 0.3) is 0 Å². The molecule has 6 rings (SSSR count). The fraction of sp³-hybridized carbons (Fsp3) is 0.400. The number of anilines is 1. The number of nitrogens with one attached hydrogen (secondary N) is 1. The number of nitrogens with zero attached hydrogens (tertiary/aromatic N) is 4. The van der Waals surface area contributed by atoms with Crippen molar-refractivity contribution in [2.45, 2.75) is 45.6 Å². The molecule has 3 aromatic rings. The van der Waals surface area contributed by atoms with Gasteiger partial charge in [-0.15, -0.1) is 11.3 Å². The van der Waals surface area contributed by atoms with E-state index in [9.17, 15) is 23.9 Å². The molecule has 1 unspecified atom stereocenters. The molecule has 0 radical (unpaired) electrons. The summed E-state index contributed by atoms with van der Waals surface area (Å²) < 4.78 is 20.3. The van der Waals surface area contributed by atoms with Crippen molar-refractivity contribution >= 4 is 40.7 Å². The van der Waals surface area contributed by atoms with E-state index in [0.29, 0.717) is 71.4 Å². The van der Waals surface area contributed by atoms with Gasteiger partial charge in [0, 0.05) is 54.4 Å². The molecule has 0 spiro atoms. The molecule has 3 aliphatic heterocycles. The maximum absolute atomic E-state index is 14.8. The first kappa shape index (κ1) is 32.5. The van der Waals surface area contributed by atoms with Crippen LogP contribution in [0, 0.1) is 24.6 Å². The summed E-state index contributed by atoms with van der Waals surface area (Å²) in [6.45, 7) is 9.10. The van der Waals surface area contributed by atoms with E-state index in [0.717, 1.165) is 5.69 Å². The third-order valence-corrected chi connectivity index (χ3v) is 10.3. The quantitative estimate of drug-likeness (QED) is 0.313. The second-order valence-corrected chi connectivity index (χ2v) is 13.6. The van der Waals surface area contributed by atoms with Gasteiger partial charge in [-0.25, -0.2) is 14.2 Å². The Morgan fingerprint density at radius 1 is 1.17 bits per heavy atom. The number of carbonyl (C=O) groups excluding carboxylic acids is 2. The molecular formula is C35H38FN5O5S. The summed E-state index contributed by atoms with van der Waals surface area (Å²) in [7, 11) is 0. The molecule has 0 bridgehead atoms. The number of amides is 1. The number of ether oxygens (including phenoxy) is 1. The fourth-order valence-electron chi connectivity index (χ4n) is 6.69. The molecular weight excluding hydrogens is 621 g/mol. The topological polar surface area (TPSA) is 124 Å². The van der Waals surface area contributed by atoms with Crippen LogP contribution in [0.2, 0.25) is 0 Å². The van der Waals surface area contributed by atoms with Gasteiger partial charge in [-0.3, -0.25) is 19.5 Å². The van der Waals surface area contributed by atoms with Crippen LogP contribution in [-0.4, -0.2) is 71.5 Å². The molecule has 246 valence electrons. The number of aliphatic carboxylic acids is 1. The molecule has 2 N–H and O–H groups in total.